The third kappa shape index (κ3) is 1.98. The van der Waals surface area contributed by atoms with Gasteiger partial charge in [0.05, 0.1) is 0 Å². The zero-order valence-corrected chi connectivity index (χ0v) is 7.06. The first-order valence-corrected chi connectivity index (χ1v) is 3.61. The Balaban J connectivity index is 3.30. The molecule has 0 atom stereocenters. The first-order valence-electron chi connectivity index (χ1n) is 3.61. The van der Waals surface area contributed by atoms with Crippen LogP contribution < -0.4 is 5.73 Å². The average Bonchev–Trinajstić information content (AvgIpc) is 2.09. The molecule has 0 spiro atoms. The maximum Gasteiger partial charge on any atom is 0.152 e. The fraction of sp³-hybridized carbons (Fsp3) is 0.100. The second-order valence-electron chi connectivity index (χ2n) is 2.53. The molecule has 1 rings (SSSR count). The molecule has 0 heterocycles. The molecule has 0 amide bonds. The van der Waals surface area contributed by atoms with Crippen molar-refractivity contribution in [1.29, 1.82) is 5.26 Å². The minimum atomic E-state index is -0.440. The van der Waals surface area contributed by atoms with Crippen molar-refractivity contribution in [2.45, 2.75) is 6.92 Å². The summed E-state index contributed by atoms with van der Waals surface area (Å²) >= 11 is 0. The van der Waals surface area contributed by atoms with E-state index in [1.807, 2.05) is 0 Å². The molecule has 1 aromatic carbocycles. The van der Waals surface area contributed by atoms with E-state index in [-0.39, 0.29) is 0 Å². The normalized spacial score (nSPS) is 8.38. The largest absolute Gasteiger partial charge is 0.398 e. The minimum Gasteiger partial charge on any atom is -0.398 e. The van der Waals surface area contributed by atoms with Crippen molar-refractivity contribution in [2.75, 3.05) is 5.73 Å². The van der Waals surface area contributed by atoms with Gasteiger partial charge in [0.15, 0.2) is 6.07 Å². The molecule has 0 aromatic heterocycles. The smallest absolute Gasteiger partial charge is 0.152 e. The number of hydrogen-bond donors (Lipinski definition) is 1. The van der Waals surface area contributed by atoms with Crippen molar-refractivity contribution in [2.24, 2.45) is 0 Å². The molecule has 0 aliphatic rings. The van der Waals surface area contributed by atoms with Gasteiger partial charge in [0.1, 0.15) is 5.82 Å². The molecule has 1 aromatic rings. The highest BCUT2D eigenvalue weighted by Crippen LogP contribution is 2.16. The fourth-order valence-electron chi connectivity index (χ4n) is 0.925. The predicted molar refractivity (Wildman–Crippen MR) is 48.0 cm³/mol. The second-order valence-corrected chi connectivity index (χ2v) is 2.53. The Morgan fingerprint density at radius 1 is 1.46 bits per heavy atom. The van der Waals surface area contributed by atoms with Crippen LogP contribution in [0.1, 0.15) is 11.1 Å². The number of rotatable bonds is 0. The van der Waals surface area contributed by atoms with Gasteiger partial charge in [0, 0.05) is 17.2 Å². The Labute approximate surface area is 75.8 Å². The molecule has 0 bridgehead atoms. The zero-order valence-electron chi connectivity index (χ0n) is 7.06. The third-order valence-electron chi connectivity index (χ3n) is 1.67. The van der Waals surface area contributed by atoms with Crippen LogP contribution in [-0.2, 0) is 0 Å². The lowest BCUT2D eigenvalue weighted by molar-refractivity contribution is 0.627. The van der Waals surface area contributed by atoms with Crippen molar-refractivity contribution < 1.29 is 4.39 Å². The zero-order chi connectivity index (χ0) is 9.84. The number of benzene rings is 1. The standard InChI is InChI=1S/C10H7FN2/c1-7-8(3-2-4-12)5-9(11)6-10(7)13/h5-6H,13H2,1H3. The van der Waals surface area contributed by atoms with Crippen LogP contribution in [0.25, 0.3) is 0 Å². The van der Waals surface area contributed by atoms with Crippen LogP contribution in [0.5, 0.6) is 0 Å². The summed E-state index contributed by atoms with van der Waals surface area (Å²) in [7, 11) is 0. The summed E-state index contributed by atoms with van der Waals surface area (Å²) in [5.41, 5.74) is 7.01. The minimum absolute atomic E-state index is 0.349. The number of nitriles is 1. The van der Waals surface area contributed by atoms with Gasteiger partial charge in [-0.3, -0.25) is 0 Å². The number of hydrogen-bond acceptors (Lipinski definition) is 2. The molecule has 0 unspecified atom stereocenters. The molecule has 13 heavy (non-hydrogen) atoms. The Bertz CT molecular complexity index is 433. The molecule has 0 saturated carbocycles. The monoisotopic (exact) mass is 174 g/mol. The highest BCUT2D eigenvalue weighted by molar-refractivity contribution is 5.56. The third-order valence-corrected chi connectivity index (χ3v) is 1.67. The maximum atomic E-state index is 12.8. The summed E-state index contributed by atoms with van der Waals surface area (Å²) in [4.78, 5) is 0. The second kappa shape index (κ2) is 3.60. The van der Waals surface area contributed by atoms with E-state index < -0.39 is 5.82 Å². The van der Waals surface area contributed by atoms with Gasteiger partial charge in [-0.2, -0.15) is 5.26 Å². The lowest BCUT2D eigenvalue weighted by Gasteiger charge is -2.02. The predicted octanol–water partition coefficient (Wildman–Crippen LogP) is 1.59. The molecule has 0 aliphatic carbocycles. The summed E-state index contributed by atoms with van der Waals surface area (Å²) in [6.07, 6.45) is 0. The molecule has 2 N–H and O–H groups in total. The SMILES string of the molecule is Cc1c(N)cc(F)cc1C#CC#N. The van der Waals surface area contributed by atoms with Crippen LogP contribution in [0.4, 0.5) is 10.1 Å². The van der Waals surface area contributed by atoms with Crippen LogP contribution in [-0.4, -0.2) is 0 Å². The lowest BCUT2D eigenvalue weighted by atomic mass is 10.1. The maximum absolute atomic E-state index is 12.8. The van der Waals surface area contributed by atoms with E-state index in [9.17, 15) is 4.39 Å². The number of nitrogen functional groups attached to an aromatic ring is 1. The first kappa shape index (κ1) is 9.09. The molecular formula is C10H7FN2. The molecular weight excluding hydrogens is 167 g/mol. The van der Waals surface area contributed by atoms with Crippen molar-refractivity contribution in [3.8, 4) is 17.9 Å². The molecule has 0 saturated heterocycles. The van der Waals surface area contributed by atoms with E-state index in [0.717, 1.165) is 0 Å². The van der Waals surface area contributed by atoms with Crippen LogP contribution >= 0.6 is 0 Å². The molecule has 0 fully saturated rings. The van der Waals surface area contributed by atoms with Gasteiger partial charge in [0.2, 0.25) is 0 Å². The lowest BCUT2D eigenvalue weighted by Crippen LogP contribution is -1.94. The van der Waals surface area contributed by atoms with E-state index in [2.05, 4.69) is 11.8 Å². The van der Waals surface area contributed by atoms with Gasteiger partial charge in [-0.15, -0.1) is 0 Å². The quantitative estimate of drug-likeness (QED) is 0.479. The van der Waals surface area contributed by atoms with Crippen LogP contribution in [0, 0.1) is 35.9 Å². The summed E-state index contributed by atoms with van der Waals surface area (Å²) in [5.74, 6) is 4.27. The highest BCUT2D eigenvalue weighted by Gasteiger charge is 2.01. The first-order chi connectivity index (χ1) is 6.15. The van der Waals surface area contributed by atoms with Gasteiger partial charge in [-0.1, -0.05) is 5.92 Å². The molecule has 2 nitrogen and oxygen atoms in total. The summed E-state index contributed by atoms with van der Waals surface area (Å²) < 4.78 is 12.8. The average molecular weight is 174 g/mol. The fourth-order valence-corrected chi connectivity index (χ4v) is 0.925. The van der Waals surface area contributed by atoms with E-state index in [1.54, 1.807) is 13.0 Å². The molecule has 64 valence electrons. The van der Waals surface area contributed by atoms with Gasteiger partial charge in [-0.05, 0) is 24.6 Å². The van der Waals surface area contributed by atoms with Gasteiger partial charge < -0.3 is 5.73 Å². The van der Waals surface area contributed by atoms with E-state index in [4.69, 9.17) is 11.0 Å². The number of halogens is 1. The van der Waals surface area contributed by atoms with Gasteiger partial charge in [-0.25, -0.2) is 4.39 Å². The summed E-state index contributed by atoms with van der Waals surface area (Å²) in [5, 5.41) is 8.21. The van der Waals surface area contributed by atoms with E-state index in [0.29, 0.717) is 16.8 Å². The highest BCUT2D eigenvalue weighted by atomic mass is 19.1. The van der Waals surface area contributed by atoms with Crippen molar-refractivity contribution in [3.63, 3.8) is 0 Å². The Morgan fingerprint density at radius 3 is 2.77 bits per heavy atom. The van der Waals surface area contributed by atoms with Crippen LogP contribution in [0.3, 0.4) is 0 Å². The Kier molecular flexibility index (Phi) is 2.52. The van der Waals surface area contributed by atoms with Crippen LogP contribution in [0.15, 0.2) is 12.1 Å². The van der Waals surface area contributed by atoms with E-state index in [1.165, 1.54) is 12.1 Å². The van der Waals surface area contributed by atoms with Gasteiger partial charge in [0.25, 0.3) is 0 Å². The van der Waals surface area contributed by atoms with E-state index >= 15 is 0 Å². The topological polar surface area (TPSA) is 49.8 Å². The van der Waals surface area contributed by atoms with Gasteiger partial charge >= 0.3 is 0 Å². The number of nitrogens with zero attached hydrogens (tertiary/aromatic N) is 1. The Hall–Kier alpha value is -2.00. The molecule has 0 radical (unpaired) electrons. The summed E-state index contributed by atoms with van der Waals surface area (Å²) in [6.45, 7) is 1.73. The van der Waals surface area contributed by atoms with Crippen molar-refractivity contribution in [1.82, 2.24) is 0 Å². The molecule has 3 heteroatoms. The number of anilines is 1. The summed E-state index contributed by atoms with van der Waals surface area (Å²) in [6, 6.07) is 4.15. The Morgan fingerprint density at radius 2 is 2.15 bits per heavy atom. The van der Waals surface area contributed by atoms with Crippen molar-refractivity contribution in [3.05, 3.63) is 29.1 Å². The van der Waals surface area contributed by atoms with Crippen molar-refractivity contribution >= 4 is 5.69 Å². The molecule has 0 aliphatic heterocycles. The van der Waals surface area contributed by atoms with Crippen LogP contribution in [0.2, 0.25) is 0 Å². The number of nitrogens with two attached hydrogens (primary N) is 1.